The molecule has 0 aliphatic heterocycles. The lowest BCUT2D eigenvalue weighted by atomic mass is 10.2. The third-order valence-corrected chi connectivity index (χ3v) is 7.61. The van der Waals surface area contributed by atoms with Crippen LogP contribution in [0.3, 0.4) is 0 Å². The van der Waals surface area contributed by atoms with Crippen molar-refractivity contribution in [3.05, 3.63) is 23.6 Å². The minimum atomic E-state index is 0.637. The predicted octanol–water partition coefficient (Wildman–Crippen LogP) is 5.00. The lowest BCUT2D eigenvalue weighted by molar-refractivity contribution is 0.862. The molecule has 2 N–H and O–H groups in total. The van der Waals surface area contributed by atoms with E-state index in [0.29, 0.717) is 5.82 Å². The number of hydrogen-bond donors (Lipinski definition) is 1. The second-order valence-electron chi connectivity index (χ2n) is 6.17. The number of thioether (sulfide) groups is 1. The summed E-state index contributed by atoms with van der Waals surface area (Å²) < 4.78 is 3.15. The standard InChI is InChI=1S/C18H20N6S3/c1-4-5-7-26-18-13(19)12-14(11-9-21-10(2)24(11)3)22-15(23-16(12)27-18)17-20-6-8-25-17/h6,8-9H,4-5,7,19H2,1-3H3. The maximum absolute atomic E-state index is 6.55. The molecule has 0 spiro atoms. The van der Waals surface area contributed by atoms with Crippen LogP contribution >= 0.6 is 34.4 Å². The first kappa shape index (κ1) is 18.4. The summed E-state index contributed by atoms with van der Waals surface area (Å²) in [6.45, 7) is 4.18. The third kappa shape index (κ3) is 3.35. The highest BCUT2D eigenvalue weighted by molar-refractivity contribution is 8.01. The van der Waals surface area contributed by atoms with Crippen LogP contribution < -0.4 is 5.73 Å². The molecule has 0 amide bonds. The van der Waals surface area contributed by atoms with E-state index in [1.807, 2.05) is 30.1 Å². The van der Waals surface area contributed by atoms with Gasteiger partial charge >= 0.3 is 0 Å². The molecule has 0 radical (unpaired) electrons. The zero-order valence-corrected chi connectivity index (χ0v) is 17.8. The number of nitrogens with two attached hydrogens (primary N) is 1. The quantitative estimate of drug-likeness (QED) is 0.352. The molecule has 4 aromatic heterocycles. The second kappa shape index (κ2) is 7.57. The molecule has 0 atom stereocenters. The topological polar surface area (TPSA) is 82.5 Å². The molecule has 6 nitrogen and oxygen atoms in total. The van der Waals surface area contributed by atoms with Gasteiger partial charge in [0.25, 0.3) is 0 Å². The van der Waals surface area contributed by atoms with Crippen molar-refractivity contribution in [2.24, 2.45) is 7.05 Å². The number of aryl methyl sites for hydroxylation is 1. The van der Waals surface area contributed by atoms with E-state index < -0.39 is 0 Å². The summed E-state index contributed by atoms with van der Waals surface area (Å²) in [7, 11) is 1.99. The Morgan fingerprint density at radius 3 is 2.78 bits per heavy atom. The van der Waals surface area contributed by atoms with Crippen LogP contribution in [0.25, 0.3) is 32.4 Å². The Morgan fingerprint density at radius 1 is 1.26 bits per heavy atom. The largest absolute Gasteiger partial charge is 0.397 e. The van der Waals surface area contributed by atoms with Crippen LogP contribution in [0, 0.1) is 6.92 Å². The molecule has 0 aliphatic rings. The molecule has 0 unspecified atom stereocenters. The molecular weight excluding hydrogens is 396 g/mol. The summed E-state index contributed by atoms with van der Waals surface area (Å²) in [5, 5.41) is 3.66. The number of unbranched alkanes of at least 4 members (excludes halogenated alkanes) is 1. The zero-order valence-electron chi connectivity index (χ0n) is 15.4. The average molecular weight is 417 g/mol. The van der Waals surface area contributed by atoms with Crippen LogP contribution in [0.4, 0.5) is 5.69 Å². The maximum atomic E-state index is 6.55. The SMILES string of the molecule is CCCCSc1sc2nc(-c3nccs3)nc(-c3cnc(C)n3C)c2c1N. The molecule has 0 aliphatic carbocycles. The minimum absolute atomic E-state index is 0.637. The van der Waals surface area contributed by atoms with Crippen molar-refractivity contribution in [3.8, 4) is 22.2 Å². The fraction of sp³-hybridized carbons (Fsp3) is 0.333. The summed E-state index contributed by atoms with van der Waals surface area (Å²) >= 11 is 4.98. The molecule has 4 aromatic rings. The van der Waals surface area contributed by atoms with Gasteiger partial charge in [-0.2, -0.15) is 0 Å². The summed E-state index contributed by atoms with van der Waals surface area (Å²) in [5.74, 6) is 2.62. The Labute approximate surface area is 169 Å². The van der Waals surface area contributed by atoms with Crippen molar-refractivity contribution in [1.29, 1.82) is 0 Å². The Kier molecular flexibility index (Phi) is 5.16. The van der Waals surface area contributed by atoms with Crippen molar-refractivity contribution >= 4 is 50.3 Å². The van der Waals surface area contributed by atoms with Gasteiger partial charge in [-0.15, -0.1) is 34.4 Å². The Balaban J connectivity index is 1.93. The van der Waals surface area contributed by atoms with Crippen LogP contribution in [0.1, 0.15) is 25.6 Å². The van der Waals surface area contributed by atoms with E-state index in [4.69, 9.17) is 15.7 Å². The van der Waals surface area contributed by atoms with E-state index in [1.54, 1.807) is 29.3 Å². The van der Waals surface area contributed by atoms with Crippen LogP contribution in [0.2, 0.25) is 0 Å². The number of anilines is 1. The molecule has 0 fully saturated rings. The van der Waals surface area contributed by atoms with Crippen LogP contribution in [-0.4, -0.2) is 30.3 Å². The second-order valence-corrected chi connectivity index (χ2v) is 9.43. The Bertz CT molecular complexity index is 1080. The van der Waals surface area contributed by atoms with Crippen molar-refractivity contribution in [1.82, 2.24) is 24.5 Å². The van der Waals surface area contributed by atoms with E-state index >= 15 is 0 Å². The highest BCUT2D eigenvalue weighted by Gasteiger charge is 2.22. The van der Waals surface area contributed by atoms with Gasteiger partial charge in [-0.25, -0.2) is 19.9 Å². The third-order valence-electron chi connectivity index (χ3n) is 4.37. The van der Waals surface area contributed by atoms with E-state index in [0.717, 1.165) is 48.1 Å². The zero-order chi connectivity index (χ0) is 19.0. The molecule has 4 rings (SSSR count). The highest BCUT2D eigenvalue weighted by atomic mass is 32.2. The lowest BCUT2D eigenvalue weighted by Crippen LogP contribution is -2.00. The first-order valence-corrected chi connectivity index (χ1v) is 11.4. The Hall–Kier alpha value is -1.97. The van der Waals surface area contributed by atoms with Gasteiger partial charge in [-0.1, -0.05) is 13.3 Å². The van der Waals surface area contributed by atoms with Crippen molar-refractivity contribution in [2.75, 3.05) is 11.5 Å². The first-order valence-electron chi connectivity index (χ1n) is 8.71. The van der Waals surface area contributed by atoms with Crippen LogP contribution in [-0.2, 0) is 7.05 Å². The van der Waals surface area contributed by atoms with E-state index in [2.05, 4.69) is 16.9 Å². The molecule has 4 heterocycles. The van der Waals surface area contributed by atoms with E-state index in [9.17, 15) is 0 Å². The van der Waals surface area contributed by atoms with Gasteiger partial charge in [-0.05, 0) is 19.1 Å². The molecular formula is C18H20N6S3. The number of nitrogens with zero attached hydrogens (tertiary/aromatic N) is 5. The number of imidazole rings is 1. The van der Waals surface area contributed by atoms with Crippen molar-refractivity contribution in [3.63, 3.8) is 0 Å². The highest BCUT2D eigenvalue weighted by Crippen LogP contribution is 2.44. The number of rotatable bonds is 6. The fourth-order valence-electron chi connectivity index (χ4n) is 2.75. The van der Waals surface area contributed by atoms with Crippen LogP contribution in [0.15, 0.2) is 22.0 Å². The number of fused-ring (bicyclic) bond motifs is 1. The molecule has 0 saturated carbocycles. The van der Waals surface area contributed by atoms with Gasteiger partial charge in [0.2, 0.25) is 0 Å². The van der Waals surface area contributed by atoms with Gasteiger partial charge in [0.05, 0.1) is 27.2 Å². The molecule has 0 bridgehead atoms. The molecule has 140 valence electrons. The molecule has 27 heavy (non-hydrogen) atoms. The van der Waals surface area contributed by atoms with Gasteiger partial charge in [0.15, 0.2) is 10.8 Å². The van der Waals surface area contributed by atoms with Crippen LogP contribution in [0.5, 0.6) is 0 Å². The normalized spacial score (nSPS) is 11.5. The summed E-state index contributed by atoms with van der Waals surface area (Å²) in [6.07, 6.45) is 5.97. The number of hydrogen-bond acceptors (Lipinski definition) is 8. The average Bonchev–Trinajstić information content (AvgIpc) is 3.37. The summed E-state index contributed by atoms with van der Waals surface area (Å²) in [6, 6.07) is 0. The van der Waals surface area contributed by atoms with Gasteiger partial charge in [0.1, 0.15) is 16.3 Å². The van der Waals surface area contributed by atoms with Gasteiger partial charge in [0, 0.05) is 18.6 Å². The molecule has 0 saturated heterocycles. The summed E-state index contributed by atoms with van der Waals surface area (Å²) in [4.78, 5) is 19.4. The number of aromatic nitrogens is 5. The number of nitrogen functional groups attached to an aromatic ring is 1. The fourth-order valence-corrected chi connectivity index (χ4v) is 5.75. The van der Waals surface area contributed by atoms with Gasteiger partial charge < -0.3 is 10.3 Å². The first-order chi connectivity index (χ1) is 13.1. The molecule has 0 aromatic carbocycles. The molecule has 9 heteroatoms. The Morgan fingerprint density at radius 2 is 2.11 bits per heavy atom. The van der Waals surface area contributed by atoms with Crippen molar-refractivity contribution in [2.45, 2.75) is 30.9 Å². The monoisotopic (exact) mass is 416 g/mol. The van der Waals surface area contributed by atoms with Gasteiger partial charge in [-0.3, -0.25) is 0 Å². The number of thiazole rings is 1. The smallest absolute Gasteiger partial charge is 0.190 e. The maximum Gasteiger partial charge on any atom is 0.190 e. The number of thiophene rings is 1. The minimum Gasteiger partial charge on any atom is -0.397 e. The van der Waals surface area contributed by atoms with Crippen molar-refractivity contribution < 1.29 is 0 Å². The predicted molar refractivity (Wildman–Crippen MR) is 116 cm³/mol. The van der Waals surface area contributed by atoms with E-state index in [-0.39, 0.29) is 0 Å². The van der Waals surface area contributed by atoms with E-state index in [1.165, 1.54) is 24.2 Å². The lowest BCUT2D eigenvalue weighted by Gasteiger charge is -2.07. The summed E-state index contributed by atoms with van der Waals surface area (Å²) in [5.41, 5.74) is 9.09.